The van der Waals surface area contributed by atoms with Gasteiger partial charge in [-0.25, -0.2) is 4.79 Å². The van der Waals surface area contributed by atoms with Gasteiger partial charge in [0.25, 0.3) is 0 Å². The van der Waals surface area contributed by atoms with Gasteiger partial charge in [-0.05, 0) is 45.7 Å². The highest BCUT2D eigenvalue weighted by Gasteiger charge is 2.52. The second-order valence-electron chi connectivity index (χ2n) is 5.86. The van der Waals surface area contributed by atoms with E-state index in [1.807, 2.05) is 13.8 Å². The summed E-state index contributed by atoms with van der Waals surface area (Å²) < 4.78 is 10.7. The van der Waals surface area contributed by atoms with Crippen LogP contribution in [0.2, 0.25) is 0 Å². The van der Waals surface area contributed by atoms with Crippen LogP contribution in [-0.4, -0.2) is 62.4 Å². The molecule has 1 N–H and O–H groups in total. The molecular formula is C16H32N2O3. The van der Waals surface area contributed by atoms with Gasteiger partial charge in [0.05, 0.1) is 13.2 Å². The van der Waals surface area contributed by atoms with Crippen molar-refractivity contribution in [2.75, 3.05) is 40.0 Å². The Morgan fingerprint density at radius 3 is 2.48 bits per heavy atom. The fraction of sp³-hybridized carbons (Fsp3) is 0.938. The van der Waals surface area contributed by atoms with Gasteiger partial charge in [0.15, 0.2) is 0 Å². The summed E-state index contributed by atoms with van der Waals surface area (Å²) in [6.45, 7) is 11.6. The normalized spacial score (nSPS) is 19.3. The van der Waals surface area contributed by atoms with Gasteiger partial charge in [-0.3, -0.25) is 4.90 Å². The van der Waals surface area contributed by atoms with E-state index in [0.29, 0.717) is 25.7 Å². The van der Waals surface area contributed by atoms with Gasteiger partial charge < -0.3 is 14.8 Å². The van der Waals surface area contributed by atoms with Crippen molar-refractivity contribution in [2.24, 2.45) is 5.92 Å². The lowest BCUT2D eigenvalue weighted by Crippen LogP contribution is -2.62. The molecule has 5 nitrogen and oxygen atoms in total. The van der Waals surface area contributed by atoms with Crippen LogP contribution in [-0.2, 0) is 14.3 Å². The molecule has 0 aromatic carbocycles. The second-order valence-corrected chi connectivity index (χ2v) is 5.86. The largest absolute Gasteiger partial charge is 0.465 e. The molecule has 0 aromatic rings. The highest BCUT2D eigenvalue weighted by molar-refractivity contribution is 5.82. The molecule has 0 spiro atoms. The molecule has 0 radical (unpaired) electrons. The van der Waals surface area contributed by atoms with Crippen molar-refractivity contribution in [2.45, 2.75) is 52.1 Å². The molecule has 2 unspecified atom stereocenters. The Morgan fingerprint density at radius 1 is 1.38 bits per heavy atom. The fourth-order valence-electron chi connectivity index (χ4n) is 3.03. The smallest absolute Gasteiger partial charge is 0.327 e. The minimum Gasteiger partial charge on any atom is -0.465 e. The Balaban J connectivity index is 2.91. The van der Waals surface area contributed by atoms with Crippen LogP contribution in [0.3, 0.4) is 0 Å². The van der Waals surface area contributed by atoms with E-state index in [9.17, 15) is 4.79 Å². The molecule has 1 saturated carbocycles. The van der Waals surface area contributed by atoms with E-state index in [-0.39, 0.29) is 12.0 Å². The van der Waals surface area contributed by atoms with Crippen molar-refractivity contribution < 1.29 is 14.3 Å². The van der Waals surface area contributed by atoms with E-state index in [1.54, 1.807) is 7.11 Å². The third-order valence-electron chi connectivity index (χ3n) is 4.30. The lowest BCUT2D eigenvalue weighted by molar-refractivity contribution is -0.153. The molecule has 2 atom stereocenters. The molecule has 21 heavy (non-hydrogen) atoms. The molecular weight excluding hydrogens is 268 g/mol. The number of hydrogen-bond donors (Lipinski definition) is 1. The minimum atomic E-state index is -0.567. The number of esters is 1. The Morgan fingerprint density at radius 2 is 2.05 bits per heavy atom. The number of ether oxygens (including phenoxy) is 2. The van der Waals surface area contributed by atoms with Crippen molar-refractivity contribution in [3.8, 4) is 0 Å². The quantitative estimate of drug-likeness (QED) is 0.588. The number of likely N-dealkylation sites (N-methyl/N-ethyl adjacent to an activating group) is 2. The maximum absolute atomic E-state index is 12.6. The minimum absolute atomic E-state index is 0.0996. The van der Waals surface area contributed by atoms with Crippen molar-refractivity contribution in [1.29, 1.82) is 0 Å². The van der Waals surface area contributed by atoms with Gasteiger partial charge >= 0.3 is 5.97 Å². The van der Waals surface area contributed by atoms with Gasteiger partial charge in [-0.1, -0.05) is 13.8 Å². The van der Waals surface area contributed by atoms with Crippen LogP contribution in [0.1, 0.15) is 40.5 Å². The monoisotopic (exact) mass is 300 g/mol. The average molecular weight is 300 g/mol. The van der Waals surface area contributed by atoms with Crippen LogP contribution in [0.15, 0.2) is 0 Å². The first-order valence-electron chi connectivity index (χ1n) is 8.20. The summed E-state index contributed by atoms with van der Waals surface area (Å²) in [7, 11) is 1.72. The van der Waals surface area contributed by atoms with Crippen molar-refractivity contribution in [3.63, 3.8) is 0 Å². The number of carbonyl (C=O) groups is 1. The van der Waals surface area contributed by atoms with E-state index in [0.717, 1.165) is 25.9 Å². The summed E-state index contributed by atoms with van der Waals surface area (Å²) in [5.41, 5.74) is -0.567. The zero-order chi connectivity index (χ0) is 15.9. The summed E-state index contributed by atoms with van der Waals surface area (Å²) in [5.74, 6) is 0.290. The van der Waals surface area contributed by atoms with Gasteiger partial charge in [0.2, 0.25) is 0 Å². The third-order valence-corrected chi connectivity index (χ3v) is 4.30. The lowest BCUT2D eigenvalue weighted by Gasteiger charge is -2.39. The number of carbonyl (C=O) groups excluding carboxylic acids is 1. The second kappa shape index (κ2) is 8.71. The standard InChI is InChI=1S/C16H32N2O3/c1-6-17-16(14-9-10-14,15(19)21-8-3)12-18(7-2)13(4)11-20-5/h13-14,17H,6-12H2,1-5H3. The van der Waals surface area contributed by atoms with Crippen LogP contribution >= 0.6 is 0 Å². The summed E-state index contributed by atoms with van der Waals surface area (Å²) in [6, 6.07) is 0.284. The van der Waals surface area contributed by atoms with E-state index < -0.39 is 5.54 Å². The van der Waals surface area contributed by atoms with Crippen LogP contribution in [0.25, 0.3) is 0 Å². The SMILES string of the molecule is CCNC(CN(CC)C(C)COC)(C(=O)OCC)C1CC1. The molecule has 0 aliphatic heterocycles. The number of nitrogens with zero attached hydrogens (tertiary/aromatic N) is 1. The maximum Gasteiger partial charge on any atom is 0.327 e. The zero-order valence-corrected chi connectivity index (χ0v) is 14.3. The number of rotatable bonds is 11. The van der Waals surface area contributed by atoms with E-state index in [1.165, 1.54) is 0 Å². The van der Waals surface area contributed by atoms with Crippen LogP contribution < -0.4 is 5.32 Å². The fourth-order valence-corrected chi connectivity index (χ4v) is 3.03. The predicted octanol–water partition coefficient (Wildman–Crippen LogP) is 1.66. The van der Waals surface area contributed by atoms with E-state index in [2.05, 4.69) is 24.1 Å². The molecule has 0 heterocycles. The number of nitrogens with one attached hydrogen (secondary N) is 1. The van der Waals surface area contributed by atoms with Crippen LogP contribution in [0.5, 0.6) is 0 Å². The van der Waals surface area contributed by atoms with Gasteiger partial charge in [0, 0.05) is 19.7 Å². The first-order chi connectivity index (χ1) is 10.1. The third kappa shape index (κ3) is 4.66. The Labute approximate surface area is 129 Å². The van der Waals surface area contributed by atoms with Crippen molar-refractivity contribution in [1.82, 2.24) is 10.2 Å². The molecule has 1 fully saturated rings. The first-order valence-corrected chi connectivity index (χ1v) is 8.20. The Kier molecular flexibility index (Phi) is 7.63. The molecule has 124 valence electrons. The summed E-state index contributed by atoms with van der Waals surface area (Å²) in [6.07, 6.45) is 2.20. The highest BCUT2D eigenvalue weighted by Crippen LogP contribution is 2.41. The first kappa shape index (κ1) is 18.4. The van der Waals surface area contributed by atoms with Crippen LogP contribution in [0, 0.1) is 5.92 Å². The molecule has 1 aliphatic rings. The number of methoxy groups -OCH3 is 1. The van der Waals surface area contributed by atoms with E-state index >= 15 is 0 Å². The molecule has 0 saturated heterocycles. The van der Waals surface area contributed by atoms with E-state index in [4.69, 9.17) is 9.47 Å². The molecule has 0 amide bonds. The average Bonchev–Trinajstić information content (AvgIpc) is 3.28. The maximum atomic E-state index is 12.6. The van der Waals surface area contributed by atoms with Gasteiger partial charge in [0.1, 0.15) is 5.54 Å². The molecule has 1 aliphatic carbocycles. The Bertz CT molecular complexity index is 321. The molecule has 0 aromatic heterocycles. The van der Waals surface area contributed by atoms with Crippen molar-refractivity contribution in [3.05, 3.63) is 0 Å². The zero-order valence-electron chi connectivity index (χ0n) is 14.3. The lowest BCUT2D eigenvalue weighted by atomic mass is 9.91. The molecule has 1 rings (SSSR count). The summed E-state index contributed by atoms with van der Waals surface area (Å²) in [4.78, 5) is 14.9. The molecule has 5 heteroatoms. The predicted molar refractivity (Wildman–Crippen MR) is 84.3 cm³/mol. The van der Waals surface area contributed by atoms with Crippen molar-refractivity contribution >= 4 is 5.97 Å². The topological polar surface area (TPSA) is 50.8 Å². The van der Waals surface area contributed by atoms with Gasteiger partial charge in [-0.15, -0.1) is 0 Å². The van der Waals surface area contributed by atoms with Crippen LogP contribution in [0.4, 0.5) is 0 Å². The van der Waals surface area contributed by atoms with Gasteiger partial charge in [-0.2, -0.15) is 0 Å². The summed E-state index contributed by atoms with van der Waals surface area (Å²) in [5, 5.41) is 3.45. The highest BCUT2D eigenvalue weighted by atomic mass is 16.5. The summed E-state index contributed by atoms with van der Waals surface area (Å²) >= 11 is 0. The molecule has 0 bridgehead atoms. The Hall–Kier alpha value is -0.650. The number of hydrogen-bond acceptors (Lipinski definition) is 5.